The van der Waals surface area contributed by atoms with Crippen LogP contribution in [0.3, 0.4) is 0 Å². The highest BCUT2D eigenvalue weighted by atomic mass is 32.1. The average Bonchev–Trinajstić information content (AvgIpc) is 3.22. The molecule has 140 valence electrons. The van der Waals surface area contributed by atoms with Gasteiger partial charge in [-0.05, 0) is 36.2 Å². The quantitative estimate of drug-likeness (QED) is 0.507. The van der Waals surface area contributed by atoms with Crippen molar-refractivity contribution >= 4 is 12.2 Å². The fourth-order valence-corrected chi connectivity index (χ4v) is 3.92. The Morgan fingerprint density at radius 2 is 1.82 bits per heavy atom. The molecule has 0 bridgehead atoms. The van der Waals surface area contributed by atoms with E-state index in [0.29, 0.717) is 34.5 Å². The van der Waals surface area contributed by atoms with Gasteiger partial charge in [-0.1, -0.05) is 48.5 Å². The molecule has 2 atom stereocenters. The number of aromatic nitrogens is 5. The van der Waals surface area contributed by atoms with Gasteiger partial charge in [0.25, 0.3) is 0 Å². The van der Waals surface area contributed by atoms with E-state index >= 15 is 0 Å². The summed E-state index contributed by atoms with van der Waals surface area (Å²) >= 11 is 5.45. The minimum atomic E-state index is -0.233. The molecule has 1 saturated carbocycles. The van der Waals surface area contributed by atoms with E-state index < -0.39 is 0 Å². The zero-order chi connectivity index (χ0) is 19.1. The highest BCUT2D eigenvalue weighted by Gasteiger charge is 2.43. The molecule has 0 radical (unpaired) electrons. The molecule has 5 nitrogen and oxygen atoms in total. The standard InChI is InChI=1S/C21H18FN5S/c22-18-9-5-4-8-15(18)13-26-11-10-19(25-26)27-20(23-24-21(27)28)17-12-16(17)14-6-2-1-3-7-14/h1-11,16-17H,12-13H2,(H,24,28). The van der Waals surface area contributed by atoms with Gasteiger partial charge in [0.2, 0.25) is 4.77 Å². The number of aromatic amines is 1. The molecule has 1 N–H and O–H groups in total. The van der Waals surface area contributed by atoms with Crippen LogP contribution in [0.25, 0.3) is 5.82 Å². The molecule has 2 aromatic heterocycles. The maximum absolute atomic E-state index is 13.9. The number of rotatable bonds is 5. The largest absolute Gasteiger partial charge is 0.266 e. The van der Waals surface area contributed by atoms with Crippen LogP contribution in [-0.4, -0.2) is 24.5 Å². The maximum Gasteiger partial charge on any atom is 0.201 e. The molecule has 5 rings (SSSR count). The van der Waals surface area contributed by atoms with Crippen molar-refractivity contribution in [3.05, 3.63) is 94.4 Å². The SMILES string of the molecule is Fc1ccccc1Cn1ccc(-n2c(C3CC3c3ccccc3)n[nH]c2=S)n1. The van der Waals surface area contributed by atoms with Crippen LogP contribution in [0.5, 0.6) is 0 Å². The van der Waals surface area contributed by atoms with Crippen molar-refractivity contribution in [3.8, 4) is 5.82 Å². The molecular formula is C21H18FN5S. The normalized spacial score (nSPS) is 18.3. The molecule has 0 saturated heterocycles. The molecule has 28 heavy (non-hydrogen) atoms. The van der Waals surface area contributed by atoms with Crippen LogP contribution in [0.4, 0.5) is 4.39 Å². The van der Waals surface area contributed by atoms with Crippen molar-refractivity contribution in [2.45, 2.75) is 24.8 Å². The zero-order valence-corrected chi connectivity index (χ0v) is 15.8. The van der Waals surface area contributed by atoms with Crippen molar-refractivity contribution in [2.75, 3.05) is 0 Å². The van der Waals surface area contributed by atoms with Crippen molar-refractivity contribution in [1.29, 1.82) is 0 Å². The van der Waals surface area contributed by atoms with Gasteiger partial charge in [0.15, 0.2) is 5.82 Å². The van der Waals surface area contributed by atoms with Gasteiger partial charge in [-0.25, -0.2) is 4.39 Å². The van der Waals surface area contributed by atoms with Gasteiger partial charge in [-0.3, -0.25) is 14.3 Å². The van der Waals surface area contributed by atoms with E-state index in [-0.39, 0.29) is 5.82 Å². The van der Waals surface area contributed by atoms with Gasteiger partial charge >= 0.3 is 0 Å². The third kappa shape index (κ3) is 3.07. The van der Waals surface area contributed by atoms with Crippen molar-refractivity contribution in [2.24, 2.45) is 0 Å². The Morgan fingerprint density at radius 3 is 2.64 bits per heavy atom. The fourth-order valence-electron chi connectivity index (χ4n) is 3.69. The summed E-state index contributed by atoms with van der Waals surface area (Å²) in [5.74, 6) is 2.13. The Kier molecular flexibility index (Phi) is 4.16. The Bertz CT molecular complexity index is 1180. The summed E-state index contributed by atoms with van der Waals surface area (Å²) in [4.78, 5) is 0. The van der Waals surface area contributed by atoms with E-state index in [9.17, 15) is 4.39 Å². The summed E-state index contributed by atoms with van der Waals surface area (Å²) < 4.78 is 18.0. The van der Waals surface area contributed by atoms with Gasteiger partial charge in [-0.2, -0.15) is 10.2 Å². The fraction of sp³-hybridized carbons (Fsp3) is 0.190. The topological polar surface area (TPSA) is 51.4 Å². The molecule has 2 unspecified atom stereocenters. The summed E-state index contributed by atoms with van der Waals surface area (Å²) in [7, 11) is 0. The number of H-pyrrole nitrogens is 1. The number of benzene rings is 2. The highest BCUT2D eigenvalue weighted by molar-refractivity contribution is 7.71. The predicted octanol–water partition coefficient (Wildman–Crippen LogP) is 4.58. The van der Waals surface area contributed by atoms with Crippen molar-refractivity contribution < 1.29 is 4.39 Å². The molecule has 7 heteroatoms. The maximum atomic E-state index is 13.9. The van der Waals surface area contributed by atoms with Crippen molar-refractivity contribution in [3.63, 3.8) is 0 Å². The van der Waals surface area contributed by atoms with E-state index in [0.717, 1.165) is 12.2 Å². The van der Waals surface area contributed by atoms with Gasteiger partial charge in [0.05, 0.1) is 6.54 Å². The second kappa shape index (κ2) is 6.83. The molecule has 0 amide bonds. The van der Waals surface area contributed by atoms with E-state index in [1.807, 2.05) is 29.0 Å². The number of hydrogen-bond donors (Lipinski definition) is 1. The van der Waals surface area contributed by atoms with Crippen LogP contribution >= 0.6 is 12.2 Å². The van der Waals surface area contributed by atoms with Gasteiger partial charge in [-0.15, -0.1) is 0 Å². The molecule has 4 aromatic rings. The first-order chi connectivity index (χ1) is 13.7. The summed E-state index contributed by atoms with van der Waals surface area (Å²) in [6, 6.07) is 19.1. The minimum absolute atomic E-state index is 0.233. The van der Waals surface area contributed by atoms with Crippen LogP contribution in [0.1, 0.15) is 35.2 Å². The lowest BCUT2D eigenvalue weighted by Gasteiger charge is -2.05. The van der Waals surface area contributed by atoms with Gasteiger partial charge < -0.3 is 0 Å². The van der Waals surface area contributed by atoms with Crippen LogP contribution < -0.4 is 0 Å². The third-order valence-corrected chi connectivity index (χ3v) is 5.47. The van der Waals surface area contributed by atoms with Crippen LogP contribution in [-0.2, 0) is 6.54 Å². The van der Waals surface area contributed by atoms with Crippen molar-refractivity contribution in [1.82, 2.24) is 24.5 Å². The molecule has 0 aliphatic heterocycles. The van der Waals surface area contributed by atoms with E-state index in [2.05, 4.69) is 39.6 Å². The number of halogens is 1. The Labute approximate surface area is 166 Å². The van der Waals surface area contributed by atoms with Crippen LogP contribution in [0.15, 0.2) is 66.9 Å². The lowest BCUT2D eigenvalue weighted by atomic mass is 10.1. The smallest absolute Gasteiger partial charge is 0.201 e. The predicted molar refractivity (Wildman–Crippen MR) is 107 cm³/mol. The number of hydrogen-bond acceptors (Lipinski definition) is 3. The molecule has 1 aliphatic carbocycles. The molecule has 2 aromatic carbocycles. The Balaban J connectivity index is 1.43. The molecule has 2 heterocycles. The summed E-state index contributed by atoms with van der Waals surface area (Å²) in [6.45, 7) is 0.364. The average molecular weight is 391 g/mol. The number of nitrogens with zero attached hydrogens (tertiary/aromatic N) is 4. The Hall–Kier alpha value is -3.06. The second-order valence-corrected chi connectivity index (χ2v) is 7.43. The third-order valence-electron chi connectivity index (χ3n) is 5.19. The highest BCUT2D eigenvalue weighted by Crippen LogP contribution is 2.54. The summed E-state index contributed by atoms with van der Waals surface area (Å²) in [6.07, 6.45) is 2.88. The molecular weight excluding hydrogens is 373 g/mol. The Morgan fingerprint density at radius 1 is 1.04 bits per heavy atom. The molecule has 1 aliphatic rings. The summed E-state index contributed by atoms with van der Waals surface area (Å²) in [5.41, 5.74) is 1.91. The van der Waals surface area contributed by atoms with Gasteiger partial charge in [0.1, 0.15) is 11.6 Å². The van der Waals surface area contributed by atoms with E-state index in [1.165, 1.54) is 11.6 Å². The lowest BCUT2D eigenvalue weighted by Crippen LogP contribution is -2.06. The first kappa shape index (κ1) is 17.1. The second-order valence-electron chi connectivity index (χ2n) is 7.04. The summed E-state index contributed by atoms with van der Waals surface area (Å²) in [5, 5.41) is 12.0. The van der Waals surface area contributed by atoms with Crippen LogP contribution in [0, 0.1) is 10.6 Å². The lowest BCUT2D eigenvalue weighted by molar-refractivity contribution is 0.583. The zero-order valence-electron chi connectivity index (χ0n) is 15.0. The van der Waals surface area contributed by atoms with E-state index in [4.69, 9.17) is 12.2 Å². The number of nitrogens with one attached hydrogen (secondary N) is 1. The van der Waals surface area contributed by atoms with Gasteiger partial charge in [0, 0.05) is 23.7 Å². The first-order valence-corrected chi connectivity index (χ1v) is 9.61. The molecule has 0 spiro atoms. The first-order valence-electron chi connectivity index (χ1n) is 9.20. The van der Waals surface area contributed by atoms with E-state index in [1.54, 1.807) is 16.8 Å². The molecule has 1 fully saturated rings. The monoisotopic (exact) mass is 391 g/mol. The van der Waals surface area contributed by atoms with Crippen LogP contribution in [0.2, 0.25) is 0 Å². The minimum Gasteiger partial charge on any atom is -0.266 e.